The Morgan fingerprint density at radius 1 is 1.19 bits per heavy atom. The lowest BCUT2D eigenvalue weighted by molar-refractivity contribution is 1.31. The molecule has 5 nitrogen and oxygen atoms in total. The van der Waals surface area contributed by atoms with E-state index in [0.717, 1.165) is 36.2 Å². The van der Waals surface area contributed by atoms with Gasteiger partial charge < -0.3 is 0 Å². The zero-order chi connectivity index (χ0) is 18.1. The Bertz CT molecular complexity index is 1130. The van der Waals surface area contributed by atoms with Crippen molar-refractivity contribution in [1.82, 2.24) is 15.0 Å². The van der Waals surface area contributed by atoms with Crippen LogP contribution in [0.5, 0.6) is 0 Å². The molecule has 4 heterocycles. The zero-order valence-corrected chi connectivity index (χ0v) is 16.1. The van der Waals surface area contributed by atoms with Crippen LogP contribution in [-0.2, 0) is 0 Å². The number of rotatable bonds is 3. The molecule has 4 rings (SSSR count). The lowest BCUT2D eigenvalue weighted by atomic mass is 10.2. The molecule has 0 bridgehead atoms. The van der Waals surface area contributed by atoms with Gasteiger partial charge in [-0.1, -0.05) is 11.6 Å². The Morgan fingerprint density at radius 3 is 2.81 bits per heavy atom. The Kier molecular flexibility index (Phi) is 4.58. The van der Waals surface area contributed by atoms with Gasteiger partial charge in [-0.15, -0.1) is 22.7 Å². The van der Waals surface area contributed by atoms with Crippen molar-refractivity contribution in [3.63, 3.8) is 0 Å². The minimum Gasteiger partial charge on any atom is -0.269 e. The third-order valence-electron chi connectivity index (χ3n) is 3.69. The summed E-state index contributed by atoms with van der Waals surface area (Å²) in [5, 5.41) is 2.30. The predicted octanol–water partition coefficient (Wildman–Crippen LogP) is 5.21. The summed E-state index contributed by atoms with van der Waals surface area (Å²) in [6.45, 7) is 3.56. The number of pyridine rings is 2. The molecule has 0 saturated carbocycles. The van der Waals surface area contributed by atoms with E-state index in [1.165, 1.54) is 22.7 Å². The molecule has 0 aliphatic carbocycles. The maximum absolute atomic E-state index is 6.38. The molecule has 0 unspecified atom stereocenters. The molecule has 128 valence electrons. The van der Waals surface area contributed by atoms with Crippen molar-refractivity contribution >= 4 is 57.0 Å². The van der Waals surface area contributed by atoms with Gasteiger partial charge in [0, 0.05) is 30.4 Å². The maximum atomic E-state index is 6.38. The molecular formula is C18H12ClN5S2. The van der Waals surface area contributed by atoms with Gasteiger partial charge >= 0.3 is 0 Å². The second kappa shape index (κ2) is 7.03. The highest BCUT2D eigenvalue weighted by molar-refractivity contribution is 7.20. The van der Waals surface area contributed by atoms with Crippen LogP contribution in [0.15, 0.2) is 52.7 Å². The van der Waals surface area contributed by atoms with Crippen LogP contribution in [-0.4, -0.2) is 34.6 Å². The molecule has 0 aliphatic rings. The Balaban J connectivity index is 1.77. The van der Waals surface area contributed by atoms with E-state index in [2.05, 4.69) is 26.7 Å². The number of halogens is 1. The van der Waals surface area contributed by atoms with Crippen molar-refractivity contribution in [2.75, 3.05) is 7.05 Å². The fraction of sp³-hybridized carbons (Fsp3) is 0.0556. The standard InChI is InChI=1S/C18H12ClN5S2/c1-20-16(21-2)13-8-10-5-6-12(23-17(10)25-13)14-15(19)24-18(26-14)11-4-3-7-22-9-11/h3-9H,1H2,2H3. The second-order valence-corrected chi connectivity index (χ2v) is 7.68. The van der Waals surface area contributed by atoms with Crippen molar-refractivity contribution < 1.29 is 0 Å². The summed E-state index contributed by atoms with van der Waals surface area (Å²) in [7, 11) is 1.70. The number of hydrogen-bond donors (Lipinski definition) is 0. The van der Waals surface area contributed by atoms with Crippen LogP contribution in [0.1, 0.15) is 4.88 Å². The molecule has 0 amide bonds. The molecule has 8 heteroatoms. The SMILES string of the molecule is C=NC(=NC)c1cc2ccc(-c3sc(-c4cccnc4)nc3Cl)nc2s1. The van der Waals surface area contributed by atoms with Crippen LogP contribution in [0.2, 0.25) is 5.15 Å². The highest BCUT2D eigenvalue weighted by atomic mass is 35.5. The number of thiazole rings is 1. The van der Waals surface area contributed by atoms with E-state index in [1.54, 1.807) is 19.4 Å². The van der Waals surface area contributed by atoms with E-state index in [-0.39, 0.29) is 0 Å². The molecule has 0 radical (unpaired) electrons. The normalized spacial score (nSPS) is 11.8. The van der Waals surface area contributed by atoms with Gasteiger partial charge in [-0.2, -0.15) is 0 Å². The Hall–Kier alpha value is -2.48. The monoisotopic (exact) mass is 397 g/mol. The Morgan fingerprint density at radius 2 is 2.08 bits per heavy atom. The average molecular weight is 398 g/mol. The lowest BCUT2D eigenvalue weighted by Gasteiger charge is -1.97. The topological polar surface area (TPSA) is 63.4 Å². The molecule has 0 fully saturated rings. The first kappa shape index (κ1) is 17.0. The molecule has 0 saturated heterocycles. The summed E-state index contributed by atoms with van der Waals surface area (Å²) >= 11 is 9.41. The van der Waals surface area contributed by atoms with Crippen LogP contribution in [0.3, 0.4) is 0 Å². The number of thiophene rings is 1. The van der Waals surface area contributed by atoms with Crippen LogP contribution in [0.4, 0.5) is 0 Å². The Labute approximate surface area is 162 Å². The molecule has 4 aromatic heterocycles. The van der Waals surface area contributed by atoms with Gasteiger partial charge in [0.1, 0.15) is 15.0 Å². The number of aromatic nitrogens is 3. The number of amidine groups is 1. The van der Waals surface area contributed by atoms with Gasteiger partial charge in [-0.25, -0.2) is 15.0 Å². The number of aliphatic imine (C=N–C) groups is 2. The van der Waals surface area contributed by atoms with Gasteiger partial charge in [0.15, 0.2) is 5.84 Å². The molecular weight excluding hydrogens is 386 g/mol. The lowest BCUT2D eigenvalue weighted by Crippen LogP contribution is -1.90. The first-order valence-electron chi connectivity index (χ1n) is 7.61. The fourth-order valence-corrected chi connectivity index (χ4v) is 4.78. The summed E-state index contributed by atoms with van der Waals surface area (Å²) in [5.74, 6) is 0.615. The van der Waals surface area contributed by atoms with Crippen molar-refractivity contribution in [3.05, 3.63) is 52.8 Å². The second-order valence-electron chi connectivity index (χ2n) is 5.29. The van der Waals surface area contributed by atoms with Crippen LogP contribution in [0.25, 0.3) is 31.4 Å². The van der Waals surface area contributed by atoms with Crippen molar-refractivity contribution in [2.45, 2.75) is 0 Å². The first-order chi connectivity index (χ1) is 12.7. The van der Waals surface area contributed by atoms with E-state index in [9.17, 15) is 0 Å². The summed E-state index contributed by atoms with van der Waals surface area (Å²) in [4.78, 5) is 24.1. The molecule has 26 heavy (non-hydrogen) atoms. The van der Waals surface area contributed by atoms with E-state index < -0.39 is 0 Å². The smallest absolute Gasteiger partial charge is 0.164 e. The maximum Gasteiger partial charge on any atom is 0.164 e. The molecule has 4 aromatic rings. The minimum absolute atomic E-state index is 0.445. The highest BCUT2D eigenvalue weighted by Crippen LogP contribution is 2.38. The zero-order valence-electron chi connectivity index (χ0n) is 13.7. The van der Waals surface area contributed by atoms with Gasteiger partial charge in [0.2, 0.25) is 0 Å². The van der Waals surface area contributed by atoms with Crippen molar-refractivity contribution in [2.24, 2.45) is 9.98 Å². The summed E-state index contributed by atoms with van der Waals surface area (Å²) in [5.41, 5.74) is 1.73. The highest BCUT2D eigenvalue weighted by Gasteiger charge is 2.16. The molecule has 0 N–H and O–H groups in total. The largest absolute Gasteiger partial charge is 0.269 e. The molecule has 0 aromatic carbocycles. The van der Waals surface area contributed by atoms with Crippen molar-refractivity contribution in [1.29, 1.82) is 0 Å². The quantitative estimate of drug-likeness (QED) is 0.352. The van der Waals surface area contributed by atoms with E-state index in [4.69, 9.17) is 16.6 Å². The number of nitrogens with zero attached hydrogens (tertiary/aromatic N) is 5. The molecule has 0 spiro atoms. The van der Waals surface area contributed by atoms with Crippen LogP contribution >= 0.6 is 34.3 Å². The van der Waals surface area contributed by atoms with Crippen molar-refractivity contribution in [3.8, 4) is 21.1 Å². The summed E-state index contributed by atoms with van der Waals surface area (Å²) in [6, 6.07) is 9.83. The predicted molar refractivity (Wildman–Crippen MR) is 111 cm³/mol. The number of fused-ring (bicyclic) bond motifs is 1. The van der Waals surface area contributed by atoms with E-state index in [0.29, 0.717) is 11.0 Å². The van der Waals surface area contributed by atoms with Gasteiger partial charge in [0.05, 0.1) is 15.4 Å². The van der Waals surface area contributed by atoms with E-state index >= 15 is 0 Å². The van der Waals surface area contributed by atoms with Gasteiger partial charge in [-0.3, -0.25) is 9.98 Å². The molecule has 0 atom stereocenters. The summed E-state index contributed by atoms with van der Waals surface area (Å²) in [6.07, 6.45) is 3.50. The molecule has 0 aliphatic heterocycles. The van der Waals surface area contributed by atoms with Gasteiger partial charge in [-0.05, 0) is 37.0 Å². The first-order valence-corrected chi connectivity index (χ1v) is 9.62. The van der Waals surface area contributed by atoms with Crippen LogP contribution < -0.4 is 0 Å². The fourth-order valence-electron chi connectivity index (χ4n) is 2.49. The average Bonchev–Trinajstić information content (AvgIpc) is 3.26. The van der Waals surface area contributed by atoms with Crippen LogP contribution in [0, 0.1) is 0 Å². The summed E-state index contributed by atoms with van der Waals surface area (Å²) < 4.78 is 0. The van der Waals surface area contributed by atoms with Gasteiger partial charge in [0.25, 0.3) is 0 Å². The van der Waals surface area contributed by atoms with E-state index in [1.807, 2.05) is 30.3 Å². The minimum atomic E-state index is 0.445. The third-order valence-corrected chi connectivity index (χ3v) is 6.25. The third kappa shape index (κ3) is 3.05. The number of hydrogen-bond acceptors (Lipinski definition) is 6.